The molecule has 174 valence electrons. The van der Waals surface area contributed by atoms with Crippen LogP contribution in [0.5, 0.6) is 5.75 Å². The molecule has 1 heterocycles. The Morgan fingerprint density at radius 3 is 2.29 bits per heavy atom. The molecule has 0 amide bonds. The quantitative estimate of drug-likeness (QED) is 0.296. The predicted molar refractivity (Wildman–Crippen MR) is 139 cm³/mol. The molecule has 3 aromatic carbocycles. The Bertz CT molecular complexity index is 1210. The van der Waals surface area contributed by atoms with Gasteiger partial charge in [0.15, 0.2) is 5.11 Å². The zero-order valence-corrected chi connectivity index (χ0v) is 20.6. The van der Waals surface area contributed by atoms with Gasteiger partial charge in [0.1, 0.15) is 12.4 Å². The molecule has 5 nitrogen and oxygen atoms in total. The molecule has 1 aliphatic heterocycles. The molecule has 0 spiro atoms. The molecule has 34 heavy (non-hydrogen) atoms. The van der Waals surface area contributed by atoms with Gasteiger partial charge in [-0.2, -0.15) is 0 Å². The second-order valence-corrected chi connectivity index (χ2v) is 8.69. The second kappa shape index (κ2) is 10.9. The fourth-order valence-corrected chi connectivity index (χ4v) is 4.38. The van der Waals surface area contributed by atoms with Gasteiger partial charge in [0.2, 0.25) is 0 Å². The minimum atomic E-state index is -0.491. The molecular formula is C26H22Cl2N2O3S. The van der Waals surface area contributed by atoms with Crippen molar-refractivity contribution in [3.63, 3.8) is 0 Å². The van der Waals surface area contributed by atoms with E-state index in [1.54, 1.807) is 25.1 Å². The zero-order valence-electron chi connectivity index (χ0n) is 18.3. The van der Waals surface area contributed by atoms with Crippen LogP contribution < -0.4 is 15.4 Å². The summed E-state index contributed by atoms with van der Waals surface area (Å²) in [6.07, 6.45) is 0. The van der Waals surface area contributed by atoms with E-state index in [4.69, 9.17) is 44.9 Å². The van der Waals surface area contributed by atoms with Crippen LogP contribution in [0, 0.1) is 0 Å². The molecule has 0 unspecified atom stereocenters. The van der Waals surface area contributed by atoms with Gasteiger partial charge in [-0.1, -0.05) is 71.7 Å². The zero-order chi connectivity index (χ0) is 24.1. The van der Waals surface area contributed by atoms with Gasteiger partial charge in [0.05, 0.1) is 23.9 Å². The molecule has 2 N–H and O–H groups in total. The highest BCUT2D eigenvalue weighted by molar-refractivity contribution is 7.80. The van der Waals surface area contributed by atoms with E-state index < -0.39 is 12.0 Å². The first-order chi connectivity index (χ1) is 16.5. The van der Waals surface area contributed by atoms with E-state index in [1.807, 2.05) is 54.6 Å². The van der Waals surface area contributed by atoms with Gasteiger partial charge < -0.3 is 20.1 Å². The van der Waals surface area contributed by atoms with Gasteiger partial charge in [-0.3, -0.25) is 0 Å². The number of halogens is 2. The van der Waals surface area contributed by atoms with Crippen molar-refractivity contribution >= 4 is 52.2 Å². The maximum Gasteiger partial charge on any atom is 0.338 e. The lowest BCUT2D eigenvalue weighted by molar-refractivity contribution is -0.138. The number of nitrogens with one attached hydrogen (secondary N) is 2. The third kappa shape index (κ3) is 5.36. The van der Waals surface area contributed by atoms with Crippen LogP contribution in [-0.4, -0.2) is 17.7 Å². The minimum absolute atomic E-state index is 0.236. The van der Waals surface area contributed by atoms with E-state index >= 15 is 0 Å². The summed E-state index contributed by atoms with van der Waals surface area (Å²) in [5.41, 5.74) is 3.49. The summed E-state index contributed by atoms with van der Waals surface area (Å²) in [7, 11) is 0. The largest absolute Gasteiger partial charge is 0.489 e. The Labute approximate surface area is 213 Å². The summed E-state index contributed by atoms with van der Waals surface area (Å²) < 4.78 is 11.3. The summed E-state index contributed by atoms with van der Waals surface area (Å²) >= 11 is 17.9. The van der Waals surface area contributed by atoms with E-state index in [1.165, 1.54) is 0 Å². The van der Waals surface area contributed by atoms with Crippen LogP contribution >= 0.6 is 35.4 Å². The third-order valence-corrected chi connectivity index (χ3v) is 6.22. The molecule has 0 aliphatic carbocycles. The molecule has 1 aliphatic rings. The van der Waals surface area contributed by atoms with Crippen molar-refractivity contribution in [3.05, 3.63) is 105 Å². The van der Waals surface area contributed by atoms with Crippen LogP contribution in [0.3, 0.4) is 0 Å². The number of esters is 1. The fourth-order valence-electron chi connectivity index (χ4n) is 3.66. The molecule has 0 bridgehead atoms. The van der Waals surface area contributed by atoms with Crippen molar-refractivity contribution in [1.82, 2.24) is 10.6 Å². The van der Waals surface area contributed by atoms with Crippen LogP contribution in [0.1, 0.15) is 29.7 Å². The SMILES string of the molecule is CCOC(=O)C1=C(c2ccccc2)NC(=S)N[C@@H]1c1ccc(OCc2c(Cl)cccc2Cl)cc1. The van der Waals surface area contributed by atoms with Gasteiger partial charge >= 0.3 is 5.97 Å². The molecule has 3 aromatic rings. The van der Waals surface area contributed by atoms with Crippen molar-refractivity contribution < 1.29 is 14.3 Å². The maximum absolute atomic E-state index is 13.0. The van der Waals surface area contributed by atoms with Crippen molar-refractivity contribution in [3.8, 4) is 5.75 Å². The molecule has 0 saturated heterocycles. The standard InChI is InChI=1S/C26H22Cl2N2O3S/c1-2-32-25(31)22-23(16-7-4-3-5-8-16)29-26(34)30-24(22)17-11-13-18(14-12-17)33-15-19-20(27)9-6-10-21(19)28/h3-14,24H,2,15H2,1H3,(H2,29,30,34)/t24-/m1/s1. The lowest BCUT2D eigenvalue weighted by Crippen LogP contribution is -2.45. The van der Waals surface area contributed by atoms with Crippen LogP contribution in [0.25, 0.3) is 5.70 Å². The molecular weight excluding hydrogens is 491 g/mol. The van der Waals surface area contributed by atoms with Crippen LogP contribution in [0.15, 0.2) is 78.4 Å². The highest BCUT2D eigenvalue weighted by Crippen LogP contribution is 2.33. The Morgan fingerprint density at radius 2 is 1.65 bits per heavy atom. The van der Waals surface area contributed by atoms with E-state index in [-0.39, 0.29) is 13.2 Å². The van der Waals surface area contributed by atoms with E-state index in [0.29, 0.717) is 32.2 Å². The number of rotatable bonds is 7. The number of carbonyl (C=O) groups excluding carboxylic acids is 1. The van der Waals surface area contributed by atoms with Crippen molar-refractivity contribution in [2.24, 2.45) is 0 Å². The first-order valence-corrected chi connectivity index (χ1v) is 11.8. The smallest absolute Gasteiger partial charge is 0.338 e. The first kappa shape index (κ1) is 24.1. The molecule has 0 fully saturated rings. The van der Waals surface area contributed by atoms with Gasteiger partial charge in [0, 0.05) is 15.6 Å². The van der Waals surface area contributed by atoms with Gasteiger partial charge in [-0.25, -0.2) is 4.79 Å². The number of benzene rings is 3. The van der Waals surface area contributed by atoms with E-state index in [9.17, 15) is 4.79 Å². The molecule has 1 atom stereocenters. The number of carbonyl (C=O) groups is 1. The number of thiocarbonyl (C=S) groups is 1. The normalized spacial score (nSPS) is 15.4. The second-order valence-electron chi connectivity index (χ2n) is 7.46. The Balaban J connectivity index is 1.63. The molecule has 4 rings (SSSR count). The molecule has 0 aromatic heterocycles. The topological polar surface area (TPSA) is 59.6 Å². The summed E-state index contributed by atoms with van der Waals surface area (Å²) in [5, 5.41) is 7.85. The van der Waals surface area contributed by atoms with E-state index in [2.05, 4.69) is 10.6 Å². The van der Waals surface area contributed by atoms with Crippen molar-refractivity contribution in [1.29, 1.82) is 0 Å². The average Bonchev–Trinajstić information content (AvgIpc) is 2.84. The number of hydrogen-bond donors (Lipinski definition) is 2. The van der Waals surface area contributed by atoms with Crippen LogP contribution in [-0.2, 0) is 16.1 Å². The Hall–Kier alpha value is -3.06. The summed E-state index contributed by atoms with van der Waals surface area (Å²) in [5.74, 6) is 0.226. The van der Waals surface area contributed by atoms with Crippen molar-refractivity contribution in [2.45, 2.75) is 19.6 Å². The van der Waals surface area contributed by atoms with Gasteiger partial charge in [-0.15, -0.1) is 0 Å². The predicted octanol–water partition coefficient (Wildman–Crippen LogP) is 6.07. The Kier molecular flexibility index (Phi) is 7.73. The first-order valence-electron chi connectivity index (χ1n) is 10.7. The Morgan fingerprint density at radius 1 is 0.971 bits per heavy atom. The number of ether oxygens (including phenoxy) is 2. The molecule has 0 radical (unpaired) electrons. The summed E-state index contributed by atoms with van der Waals surface area (Å²) in [6.45, 7) is 2.28. The third-order valence-electron chi connectivity index (χ3n) is 5.29. The molecule has 0 saturated carbocycles. The van der Waals surface area contributed by atoms with Crippen LogP contribution in [0.2, 0.25) is 10.0 Å². The van der Waals surface area contributed by atoms with Crippen molar-refractivity contribution in [2.75, 3.05) is 6.61 Å². The van der Waals surface area contributed by atoms with E-state index in [0.717, 1.165) is 16.7 Å². The van der Waals surface area contributed by atoms with Gasteiger partial charge in [0.25, 0.3) is 0 Å². The average molecular weight is 513 g/mol. The minimum Gasteiger partial charge on any atom is -0.489 e. The highest BCUT2D eigenvalue weighted by atomic mass is 35.5. The molecule has 8 heteroatoms. The monoisotopic (exact) mass is 512 g/mol. The maximum atomic E-state index is 13.0. The summed E-state index contributed by atoms with van der Waals surface area (Å²) in [4.78, 5) is 13.0. The van der Waals surface area contributed by atoms with Crippen LogP contribution in [0.4, 0.5) is 0 Å². The lowest BCUT2D eigenvalue weighted by atomic mass is 9.93. The van der Waals surface area contributed by atoms with Gasteiger partial charge in [-0.05, 0) is 54.5 Å². The highest BCUT2D eigenvalue weighted by Gasteiger charge is 2.33. The lowest BCUT2D eigenvalue weighted by Gasteiger charge is -2.31. The number of hydrogen-bond acceptors (Lipinski definition) is 4. The summed E-state index contributed by atoms with van der Waals surface area (Å²) in [6, 6.07) is 21.8. The fraction of sp³-hybridized carbons (Fsp3) is 0.154.